The van der Waals surface area contributed by atoms with Crippen molar-refractivity contribution in [1.29, 1.82) is 0 Å². The molecule has 0 aromatic rings. The maximum Gasteiger partial charge on any atom is 0.302 e. The smallest absolute Gasteiger partial charge is 0.302 e. The topological polar surface area (TPSA) is 38.3 Å². The molecule has 1 N–H and O–H groups in total. The third-order valence-corrected chi connectivity index (χ3v) is 1.65. The van der Waals surface area contributed by atoms with Crippen LogP contribution >= 0.6 is 0 Å². The van der Waals surface area contributed by atoms with Crippen LogP contribution in [0.15, 0.2) is 12.3 Å². The Kier molecular flexibility index (Phi) is 2.95. The lowest BCUT2D eigenvalue weighted by Gasteiger charge is -2.16. The molecule has 62 valence electrons. The molecule has 0 unspecified atom stereocenters. The molecule has 11 heavy (non-hydrogen) atoms. The molecule has 0 spiro atoms. The van der Waals surface area contributed by atoms with Crippen molar-refractivity contribution in [3.63, 3.8) is 0 Å². The van der Waals surface area contributed by atoms with Crippen molar-refractivity contribution < 1.29 is 9.53 Å². The van der Waals surface area contributed by atoms with E-state index < -0.39 is 0 Å². The third-order valence-electron chi connectivity index (χ3n) is 1.65. The van der Waals surface area contributed by atoms with E-state index in [2.05, 4.69) is 5.32 Å². The van der Waals surface area contributed by atoms with Gasteiger partial charge in [0.25, 0.3) is 0 Å². The number of esters is 1. The van der Waals surface area contributed by atoms with Gasteiger partial charge in [-0.3, -0.25) is 4.79 Å². The van der Waals surface area contributed by atoms with Gasteiger partial charge in [0, 0.05) is 19.4 Å². The van der Waals surface area contributed by atoms with E-state index in [0.29, 0.717) is 12.5 Å². The zero-order valence-corrected chi connectivity index (χ0v) is 6.67. The molecular formula is C8H13NO2. The van der Waals surface area contributed by atoms with E-state index in [1.165, 1.54) is 6.92 Å². The molecule has 0 aromatic heterocycles. The van der Waals surface area contributed by atoms with Gasteiger partial charge in [-0.05, 0) is 12.6 Å². The summed E-state index contributed by atoms with van der Waals surface area (Å²) in [7, 11) is 0. The summed E-state index contributed by atoms with van der Waals surface area (Å²) in [6.45, 7) is 2.93. The number of rotatable bonds is 2. The van der Waals surface area contributed by atoms with E-state index in [4.69, 9.17) is 4.74 Å². The molecule has 0 saturated heterocycles. The van der Waals surface area contributed by atoms with Crippen LogP contribution in [-0.2, 0) is 9.53 Å². The number of nitrogens with one attached hydrogen (secondary N) is 1. The van der Waals surface area contributed by atoms with Gasteiger partial charge in [0.15, 0.2) is 0 Å². The molecule has 1 aliphatic heterocycles. The number of hydrogen-bond donors (Lipinski definition) is 1. The van der Waals surface area contributed by atoms with Crippen LogP contribution in [-0.4, -0.2) is 19.1 Å². The molecule has 1 heterocycles. The van der Waals surface area contributed by atoms with Crippen LogP contribution in [0.1, 0.15) is 13.3 Å². The summed E-state index contributed by atoms with van der Waals surface area (Å²) in [5, 5.41) is 3.08. The Hall–Kier alpha value is -0.990. The largest absolute Gasteiger partial charge is 0.465 e. The van der Waals surface area contributed by atoms with E-state index in [1.54, 1.807) is 0 Å². The summed E-state index contributed by atoms with van der Waals surface area (Å²) in [6, 6.07) is 0. The predicted molar refractivity (Wildman–Crippen MR) is 41.9 cm³/mol. The quantitative estimate of drug-likeness (QED) is 0.596. The van der Waals surface area contributed by atoms with Gasteiger partial charge in [-0.2, -0.15) is 0 Å². The van der Waals surface area contributed by atoms with Crippen LogP contribution < -0.4 is 5.32 Å². The average Bonchev–Trinajstić information content (AvgIpc) is 2.03. The summed E-state index contributed by atoms with van der Waals surface area (Å²) in [5.74, 6) is 0.206. The second-order valence-corrected chi connectivity index (χ2v) is 2.66. The van der Waals surface area contributed by atoms with Crippen LogP contribution in [0, 0.1) is 5.92 Å². The first-order chi connectivity index (χ1) is 5.29. The van der Waals surface area contributed by atoms with E-state index in [9.17, 15) is 4.79 Å². The summed E-state index contributed by atoms with van der Waals surface area (Å²) in [6.07, 6.45) is 4.99. The second-order valence-electron chi connectivity index (χ2n) is 2.66. The van der Waals surface area contributed by atoms with Gasteiger partial charge in [-0.1, -0.05) is 6.08 Å². The highest BCUT2D eigenvalue weighted by Gasteiger charge is 2.08. The third kappa shape index (κ3) is 3.07. The average molecular weight is 155 g/mol. The first-order valence-electron chi connectivity index (χ1n) is 3.82. The normalized spacial score (nSPS) is 22.5. The minimum absolute atomic E-state index is 0.197. The maximum absolute atomic E-state index is 10.4. The molecule has 1 rings (SSSR count). The Bertz CT molecular complexity index is 165. The SMILES string of the molecule is CC(=O)OC[C@H]1C=CNCC1. The van der Waals surface area contributed by atoms with E-state index in [-0.39, 0.29) is 5.97 Å². The molecule has 0 amide bonds. The fourth-order valence-electron chi connectivity index (χ4n) is 1.02. The Morgan fingerprint density at radius 3 is 3.18 bits per heavy atom. The van der Waals surface area contributed by atoms with Gasteiger partial charge >= 0.3 is 5.97 Å². The Balaban J connectivity index is 2.20. The van der Waals surface area contributed by atoms with Gasteiger partial charge in [0.1, 0.15) is 0 Å². The fraction of sp³-hybridized carbons (Fsp3) is 0.625. The van der Waals surface area contributed by atoms with Crippen molar-refractivity contribution >= 4 is 5.97 Å². The highest BCUT2D eigenvalue weighted by molar-refractivity contribution is 5.65. The lowest BCUT2D eigenvalue weighted by molar-refractivity contribution is -0.141. The van der Waals surface area contributed by atoms with Crippen LogP contribution in [0.25, 0.3) is 0 Å². The zero-order valence-electron chi connectivity index (χ0n) is 6.67. The maximum atomic E-state index is 10.4. The first kappa shape index (κ1) is 8.11. The minimum atomic E-state index is -0.197. The van der Waals surface area contributed by atoms with Crippen LogP contribution in [0.5, 0.6) is 0 Å². The van der Waals surface area contributed by atoms with Gasteiger partial charge in [0.05, 0.1) is 6.61 Å². The number of carbonyl (C=O) groups is 1. The van der Waals surface area contributed by atoms with Crippen molar-refractivity contribution in [2.45, 2.75) is 13.3 Å². The van der Waals surface area contributed by atoms with Gasteiger partial charge < -0.3 is 10.1 Å². The summed E-state index contributed by atoms with van der Waals surface area (Å²) < 4.78 is 4.86. The monoisotopic (exact) mass is 155 g/mol. The highest BCUT2D eigenvalue weighted by Crippen LogP contribution is 2.07. The van der Waals surface area contributed by atoms with Crippen molar-refractivity contribution in [3.8, 4) is 0 Å². The van der Waals surface area contributed by atoms with Gasteiger partial charge in [-0.25, -0.2) is 0 Å². The Morgan fingerprint density at radius 2 is 2.64 bits per heavy atom. The summed E-state index contributed by atoms with van der Waals surface area (Å²) in [5.41, 5.74) is 0. The number of carbonyl (C=O) groups excluding carboxylic acids is 1. The lowest BCUT2D eigenvalue weighted by Crippen LogP contribution is -2.21. The van der Waals surface area contributed by atoms with E-state index in [1.807, 2.05) is 12.3 Å². The predicted octanol–water partition coefficient (Wildman–Crippen LogP) is 0.673. The lowest BCUT2D eigenvalue weighted by atomic mass is 10.1. The van der Waals surface area contributed by atoms with Gasteiger partial charge in [-0.15, -0.1) is 0 Å². The molecular weight excluding hydrogens is 142 g/mol. The standard InChI is InChI=1S/C8H13NO2/c1-7(10)11-6-8-2-4-9-5-3-8/h2,4,8-9H,3,5-6H2,1H3/t8-/m0/s1. The molecule has 0 bridgehead atoms. The fourth-order valence-corrected chi connectivity index (χ4v) is 1.02. The second kappa shape index (κ2) is 4.01. The molecule has 0 aliphatic carbocycles. The number of hydrogen-bond acceptors (Lipinski definition) is 3. The first-order valence-corrected chi connectivity index (χ1v) is 3.82. The Morgan fingerprint density at radius 1 is 1.82 bits per heavy atom. The van der Waals surface area contributed by atoms with Crippen LogP contribution in [0.3, 0.4) is 0 Å². The minimum Gasteiger partial charge on any atom is -0.465 e. The molecule has 0 aromatic carbocycles. The number of ether oxygens (including phenoxy) is 1. The van der Waals surface area contributed by atoms with Crippen LogP contribution in [0.2, 0.25) is 0 Å². The zero-order chi connectivity index (χ0) is 8.10. The van der Waals surface area contributed by atoms with Crippen molar-refractivity contribution in [2.24, 2.45) is 5.92 Å². The van der Waals surface area contributed by atoms with Crippen molar-refractivity contribution in [3.05, 3.63) is 12.3 Å². The summed E-state index contributed by atoms with van der Waals surface area (Å²) >= 11 is 0. The molecule has 3 heteroatoms. The van der Waals surface area contributed by atoms with E-state index in [0.717, 1.165) is 13.0 Å². The molecule has 3 nitrogen and oxygen atoms in total. The van der Waals surface area contributed by atoms with Crippen LogP contribution in [0.4, 0.5) is 0 Å². The molecule has 1 aliphatic rings. The van der Waals surface area contributed by atoms with Gasteiger partial charge in [0.2, 0.25) is 0 Å². The highest BCUT2D eigenvalue weighted by atomic mass is 16.5. The van der Waals surface area contributed by atoms with Crippen molar-refractivity contribution in [2.75, 3.05) is 13.2 Å². The van der Waals surface area contributed by atoms with E-state index >= 15 is 0 Å². The molecule has 0 saturated carbocycles. The molecule has 1 atom stereocenters. The summed E-state index contributed by atoms with van der Waals surface area (Å²) in [4.78, 5) is 10.4. The molecule has 0 radical (unpaired) electrons. The van der Waals surface area contributed by atoms with Crippen molar-refractivity contribution in [1.82, 2.24) is 5.32 Å². The molecule has 0 fully saturated rings. The Labute approximate surface area is 66.4 Å².